The summed E-state index contributed by atoms with van der Waals surface area (Å²) in [6.45, 7) is 5.79. The van der Waals surface area contributed by atoms with Crippen LogP contribution in [-0.4, -0.2) is 30.1 Å². The Hall–Kier alpha value is -3.35. The number of para-hydroxylation sites is 1. The third-order valence-corrected chi connectivity index (χ3v) is 4.00. The highest BCUT2D eigenvalue weighted by molar-refractivity contribution is 5.92. The highest BCUT2D eigenvalue weighted by Crippen LogP contribution is 2.15. The number of amides is 3. The van der Waals surface area contributed by atoms with Gasteiger partial charge < -0.3 is 20.7 Å². The maximum absolute atomic E-state index is 12.2. The SMILES string of the molecule is CC(C)(C)OC(=O)NCCC(=O)Nc1ccccc1CNC(=O)Cc1ccccc1. The van der Waals surface area contributed by atoms with Gasteiger partial charge in [0.05, 0.1) is 6.42 Å². The van der Waals surface area contributed by atoms with Crippen LogP contribution < -0.4 is 16.0 Å². The van der Waals surface area contributed by atoms with Crippen molar-refractivity contribution in [3.05, 3.63) is 65.7 Å². The normalized spacial score (nSPS) is 10.8. The number of carbonyl (C=O) groups is 3. The summed E-state index contributed by atoms with van der Waals surface area (Å²) in [6, 6.07) is 16.8. The molecule has 0 heterocycles. The van der Waals surface area contributed by atoms with E-state index in [9.17, 15) is 14.4 Å². The lowest BCUT2D eigenvalue weighted by molar-refractivity contribution is -0.120. The maximum Gasteiger partial charge on any atom is 0.407 e. The molecule has 0 unspecified atom stereocenters. The fraction of sp³-hybridized carbons (Fsp3) is 0.348. The Kier molecular flexibility index (Phi) is 8.41. The van der Waals surface area contributed by atoms with Crippen LogP contribution in [0.3, 0.4) is 0 Å². The van der Waals surface area contributed by atoms with Crippen LogP contribution in [-0.2, 0) is 27.3 Å². The van der Waals surface area contributed by atoms with E-state index in [-0.39, 0.29) is 24.8 Å². The molecule has 0 aromatic heterocycles. The largest absolute Gasteiger partial charge is 0.444 e. The van der Waals surface area contributed by atoms with Gasteiger partial charge in [-0.05, 0) is 38.0 Å². The Bertz CT molecular complexity index is 860. The number of anilines is 1. The van der Waals surface area contributed by atoms with Crippen molar-refractivity contribution in [2.75, 3.05) is 11.9 Å². The molecule has 7 nitrogen and oxygen atoms in total. The topological polar surface area (TPSA) is 96.5 Å². The molecule has 7 heteroatoms. The molecule has 3 amide bonds. The van der Waals surface area contributed by atoms with Crippen LogP contribution in [0.25, 0.3) is 0 Å². The Morgan fingerprint density at radius 3 is 2.23 bits per heavy atom. The molecule has 2 aromatic carbocycles. The van der Waals surface area contributed by atoms with Gasteiger partial charge in [0, 0.05) is 25.2 Å². The van der Waals surface area contributed by atoms with Crippen LogP contribution in [0.4, 0.5) is 10.5 Å². The number of benzene rings is 2. The van der Waals surface area contributed by atoms with Gasteiger partial charge in [0.15, 0.2) is 0 Å². The molecular weight excluding hydrogens is 382 g/mol. The van der Waals surface area contributed by atoms with Crippen LogP contribution in [0, 0.1) is 0 Å². The van der Waals surface area contributed by atoms with Gasteiger partial charge in [0.1, 0.15) is 5.60 Å². The molecule has 160 valence electrons. The fourth-order valence-corrected chi connectivity index (χ4v) is 2.64. The van der Waals surface area contributed by atoms with Gasteiger partial charge in [-0.3, -0.25) is 9.59 Å². The maximum atomic E-state index is 12.2. The Labute approximate surface area is 177 Å². The standard InChI is InChI=1S/C23H29N3O4/c1-23(2,3)30-22(29)24-14-13-20(27)26-19-12-8-7-11-18(19)16-25-21(28)15-17-9-5-4-6-10-17/h4-12H,13-16H2,1-3H3,(H,24,29)(H,25,28)(H,26,27). The number of rotatable bonds is 8. The molecule has 0 bridgehead atoms. The second-order valence-electron chi connectivity index (χ2n) is 7.82. The molecule has 0 aliphatic rings. The highest BCUT2D eigenvalue weighted by atomic mass is 16.6. The van der Waals surface area contributed by atoms with Crippen molar-refractivity contribution in [3.63, 3.8) is 0 Å². The third-order valence-electron chi connectivity index (χ3n) is 4.00. The molecule has 0 aliphatic heterocycles. The fourth-order valence-electron chi connectivity index (χ4n) is 2.64. The molecule has 0 saturated carbocycles. The third kappa shape index (κ3) is 8.77. The molecule has 3 N–H and O–H groups in total. The van der Waals surface area contributed by atoms with Gasteiger partial charge in [-0.25, -0.2) is 4.79 Å². The zero-order valence-corrected chi connectivity index (χ0v) is 17.7. The Morgan fingerprint density at radius 2 is 1.53 bits per heavy atom. The lowest BCUT2D eigenvalue weighted by Crippen LogP contribution is -2.34. The monoisotopic (exact) mass is 411 g/mol. The molecule has 0 spiro atoms. The molecule has 2 rings (SSSR count). The molecule has 2 aromatic rings. The van der Waals surface area contributed by atoms with E-state index in [1.165, 1.54) is 0 Å². The lowest BCUT2D eigenvalue weighted by atomic mass is 10.1. The van der Waals surface area contributed by atoms with Crippen LogP contribution in [0.15, 0.2) is 54.6 Å². The minimum absolute atomic E-state index is 0.0936. The van der Waals surface area contributed by atoms with Crippen molar-refractivity contribution in [2.24, 2.45) is 0 Å². The van der Waals surface area contributed by atoms with Crippen molar-refractivity contribution in [1.82, 2.24) is 10.6 Å². The summed E-state index contributed by atoms with van der Waals surface area (Å²) in [7, 11) is 0. The van der Waals surface area contributed by atoms with Crippen molar-refractivity contribution in [2.45, 2.75) is 45.8 Å². The summed E-state index contributed by atoms with van der Waals surface area (Å²) in [5.41, 5.74) is 1.78. The van der Waals surface area contributed by atoms with Crippen LogP contribution >= 0.6 is 0 Å². The Balaban J connectivity index is 1.80. The second-order valence-corrected chi connectivity index (χ2v) is 7.82. The van der Waals surface area contributed by atoms with E-state index in [0.717, 1.165) is 11.1 Å². The van der Waals surface area contributed by atoms with E-state index in [1.807, 2.05) is 48.5 Å². The first-order chi connectivity index (χ1) is 14.2. The zero-order valence-electron chi connectivity index (χ0n) is 17.7. The predicted octanol–water partition coefficient (Wildman–Crippen LogP) is 3.40. The van der Waals surface area contributed by atoms with E-state index in [4.69, 9.17) is 4.74 Å². The van der Waals surface area contributed by atoms with Crippen molar-refractivity contribution in [3.8, 4) is 0 Å². The van der Waals surface area contributed by atoms with E-state index in [1.54, 1.807) is 26.8 Å². The van der Waals surface area contributed by atoms with Gasteiger partial charge in [0.25, 0.3) is 0 Å². The molecule has 0 radical (unpaired) electrons. The van der Waals surface area contributed by atoms with E-state index in [0.29, 0.717) is 18.7 Å². The molecule has 30 heavy (non-hydrogen) atoms. The zero-order chi connectivity index (χ0) is 22.0. The predicted molar refractivity (Wildman–Crippen MR) is 116 cm³/mol. The molecule has 0 fully saturated rings. The van der Waals surface area contributed by atoms with Gasteiger partial charge >= 0.3 is 6.09 Å². The van der Waals surface area contributed by atoms with E-state index in [2.05, 4.69) is 16.0 Å². The van der Waals surface area contributed by atoms with Crippen LogP contribution in [0.1, 0.15) is 38.3 Å². The number of alkyl carbamates (subject to hydrolysis) is 1. The number of ether oxygens (including phenoxy) is 1. The number of carbonyl (C=O) groups excluding carboxylic acids is 3. The van der Waals surface area contributed by atoms with E-state index >= 15 is 0 Å². The first kappa shape index (κ1) is 22.9. The Morgan fingerprint density at radius 1 is 0.867 bits per heavy atom. The minimum Gasteiger partial charge on any atom is -0.444 e. The van der Waals surface area contributed by atoms with Crippen LogP contribution in [0.5, 0.6) is 0 Å². The first-order valence-corrected chi connectivity index (χ1v) is 9.88. The first-order valence-electron chi connectivity index (χ1n) is 9.88. The van der Waals surface area contributed by atoms with Gasteiger partial charge in [0.2, 0.25) is 11.8 Å². The summed E-state index contributed by atoms with van der Waals surface area (Å²) in [4.78, 5) is 36.0. The number of nitrogens with one attached hydrogen (secondary N) is 3. The second kappa shape index (κ2) is 11.0. The quantitative estimate of drug-likeness (QED) is 0.620. The van der Waals surface area contributed by atoms with Gasteiger partial charge in [-0.2, -0.15) is 0 Å². The van der Waals surface area contributed by atoms with Crippen LogP contribution in [0.2, 0.25) is 0 Å². The molecule has 0 atom stereocenters. The van der Waals surface area contributed by atoms with Crippen molar-refractivity contribution < 1.29 is 19.1 Å². The minimum atomic E-state index is -0.587. The van der Waals surface area contributed by atoms with Gasteiger partial charge in [-0.15, -0.1) is 0 Å². The summed E-state index contributed by atoms with van der Waals surface area (Å²) in [5, 5.41) is 8.26. The number of hydrogen-bond donors (Lipinski definition) is 3. The van der Waals surface area contributed by atoms with Crippen molar-refractivity contribution >= 4 is 23.6 Å². The number of hydrogen-bond acceptors (Lipinski definition) is 4. The van der Waals surface area contributed by atoms with Crippen molar-refractivity contribution in [1.29, 1.82) is 0 Å². The summed E-state index contributed by atoms with van der Waals surface area (Å²) in [5.74, 6) is -0.335. The average molecular weight is 412 g/mol. The molecular formula is C23H29N3O4. The summed E-state index contributed by atoms with van der Waals surface area (Å²) in [6.07, 6.45) is -0.156. The van der Waals surface area contributed by atoms with E-state index < -0.39 is 11.7 Å². The smallest absolute Gasteiger partial charge is 0.407 e. The molecule has 0 aliphatic carbocycles. The lowest BCUT2D eigenvalue weighted by Gasteiger charge is -2.19. The summed E-state index contributed by atoms with van der Waals surface area (Å²) < 4.78 is 5.13. The highest BCUT2D eigenvalue weighted by Gasteiger charge is 2.16. The average Bonchev–Trinajstić information content (AvgIpc) is 2.66. The molecule has 0 saturated heterocycles. The summed E-state index contributed by atoms with van der Waals surface area (Å²) >= 11 is 0. The van der Waals surface area contributed by atoms with Gasteiger partial charge in [-0.1, -0.05) is 48.5 Å².